The van der Waals surface area contributed by atoms with E-state index in [2.05, 4.69) is 12.2 Å². The van der Waals surface area contributed by atoms with Gasteiger partial charge < -0.3 is 16.2 Å². The monoisotopic (exact) mass is 260 g/mol. The fraction of sp³-hybridized carbons (Fsp3) is 0.500. The molecule has 17 heavy (non-hydrogen) atoms. The number of hydrogen-bond acceptors (Lipinski definition) is 3. The summed E-state index contributed by atoms with van der Waals surface area (Å²) < 4.78 is 13.1. The van der Waals surface area contributed by atoms with Crippen molar-refractivity contribution in [3.8, 4) is 0 Å². The van der Waals surface area contributed by atoms with Gasteiger partial charge in [0.2, 0.25) is 0 Å². The number of nitrogens with two attached hydrogens (primary N) is 1. The van der Waals surface area contributed by atoms with Gasteiger partial charge in [0, 0.05) is 19.2 Å². The van der Waals surface area contributed by atoms with Crippen molar-refractivity contribution in [2.24, 2.45) is 5.92 Å². The van der Waals surface area contributed by atoms with Crippen molar-refractivity contribution in [1.29, 1.82) is 0 Å². The second kappa shape index (κ2) is 6.67. The van der Waals surface area contributed by atoms with Crippen molar-refractivity contribution in [3.63, 3.8) is 0 Å². The van der Waals surface area contributed by atoms with Gasteiger partial charge in [-0.05, 0) is 18.4 Å². The largest absolute Gasteiger partial charge is 0.397 e. The molecule has 1 aromatic rings. The van der Waals surface area contributed by atoms with Crippen molar-refractivity contribution in [3.05, 3.63) is 23.0 Å². The normalized spacial score (nSPS) is 12.5. The SMILES string of the molecule is CCC(CCO)CNc1cc(Cl)c(F)cc1N. The van der Waals surface area contributed by atoms with Crippen LogP contribution >= 0.6 is 11.6 Å². The van der Waals surface area contributed by atoms with E-state index in [1.807, 2.05) is 0 Å². The van der Waals surface area contributed by atoms with E-state index in [-0.39, 0.29) is 11.6 Å². The Hall–Kier alpha value is -1.00. The lowest BCUT2D eigenvalue weighted by Crippen LogP contribution is -2.15. The summed E-state index contributed by atoms with van der Waals surface area (Å²) in [6.45, 7) is 2.91. The Labute approximate surface area is 106 Å². The number of anilines is 2. The van der Waals surface area contributed by atoms with Crippen LogP contribution in [0.3, 0.4) is 0 Å². The highest BCUT2D eigenvalue weighted by Crippen LogP contribution is 2.26. The minimum Gasteiger partial charge on any atom is -0.397 e. The molecular formula is C12H18ClFN2O. The average molecular weight is 261 g/mol. The molecule has 0 heterocycles. The van der Waals surface area contributed by atoms with Crippen LogP contribution in [0.1, 0.15) is 19.8 Å². The summed E-state index contributed by atoms with van der Waals surface area (Å²) in [5.74, 6) is -0.152. The predicted octanol–water partition coefficient (Wildman–Crippen LogP) is 2.88. The number of benzene rings is 1. The lowest BCUT2D eigenvalue weighted by molar-refractivity contribution is 0.258. The van der Waals surface area contributed by atoms with Crippen LogP contribution in [0.5, 0.6) is 0 Å². The molecule has 1 rings (SSSR count). The van der Waals surface area contributed by atoms with Crippen molar-refractivity contribution < 1.29 is 9.50 Å². The molecule has 0 saturated heterocycles. The Morgan fingerprint density at radius 3 is 2.82 bits per heavy atom. The highest BCUT2D eigenvalue weighted by Gasteiger charge is 2.09. The Kier molecular flexibility index (Phi) is 5.51. The van der Waals surface area contributed by atoms with E-state index in [1.54, 1.807) is 0 Å². The molecule has 96 valence electrons. The summed E-state index contributed by atoms with van der Waals surface area (Å²) in [5.41, 5.74) is 6.65. The summed E-state index contributed by atoms with van der Waals surface area (Å²) in [4.78, 5) is 0. The van der Waals surface area contributed by atoms with Gasteiger partial charge in [-0.15, -0.1) is 0 Å². The van der Waals surface area contributed by atoms with Crippen LogP contribution in [0.15, 0.2) is 12.1 Å². The first-order valence-electron chi connectivity index (χ1n) is 5.67. The fourth-order valence-electron chi connectivity index (χ4n) is 1.60. The van der Waals surface area contributed by atoms with Crippen molar-refractivity contribution in [2.45, 2.75) is 19.8 Å². The third kappa shape index (κ3) is 4.06. The molecule has 0 aliphatic carbocycles. The Bertz CT molecular complexity index is 374. The number of nitrogen functional groups attached to an aromatic ring is 1. The Balaban J connectivity index is 2.65. The molecule has 0 saturated carbocycles. The van der Waals surface area contributed by atoms with Gasteiger partial charge in [-0.1, -0.05) is 24.9 Å². The number of aliphatic hydroxyl groups is 1. The van der Waals surface area contributed by atoms with Crippen LogP contribution in [0.25, 0.3) is 0 Å². The second-order valence-electron chi connectivity index (χ2n) is 4.02. The second-order valence-corrected chi connectivity index (χ2v) is 4.43. The summed E-state index contributed by atoms with van der Waals surface area (Å²) in [5, 5.41) is 12.1. The highest BCUT2D eigenvalue weighted by atomic mass is 35.5. The Morgan fingerprint density at radius 1 is 1.53 bits per heavy atom. The number of aliphatic hydroxyl groups excluding tert-OH is 1. The zero-order chi connectivity index (χ0) is 12.8. The molecule has 0 aliphatic heterocycles. The Morgan fingerprint density at radius 2 is 2.24 bits per heavy atom. The highest BCUT2D eigenvalue weighted by molar-refractivity contribution is 6.31. The molecule has 4 N–H and O–H groups in total. The zero-order valence-electron chi connectivity index (χ0n) is 9.84. The molecular weight excluding hydrogens is 243 g/mol. The van der Waals surface area contributed by atoms with Gasteiger partial charge in [0.1, 0.15) is 5.82 Å². The molecule has 0 amide bonds. The first kappa shape index (κ1) is 14.1. The maximum absolute atomic E-state index is 13.1. The fourth-order valence-corrected chi connectivity index (χ4v) is 1.77. The molecule has 0 aromatic heterocycles. The van der Waals surface area contributed by atoms with Gasteiger partial charge in [-0.2, -0.15) is 0 Å². The molecule has 0 aliphatic rings. The summed E-state index contributed by atoms with van der Waals surface area (Å²) in [6, 6.07) is 2.69. The number of hydrogen-bond donors (Lipinski definition) is 3. The van der Waals surface area contributed by atoms with Gasteiger partial charge in [0.25, 0.3) is 0 Å². The maximum Gasteiger partial charge on any atom is 0.143 e. The number of rotatable bonds is 6. The minimum atomic E-state index is -0.517. The van der Waals surface area contributed by atoms with Gasteiger partial charge in [0.15, 0.2) is 0 Å². The van der Waals surface area contributed by atoms with Gasteiger partial charge in [-0.25, -0.2) is 4.39 Å². The first-order chi connectivity index (χ1) is 8.08. The van der Waals surface area contributed by atoms with Gasteiger partial charge in [-0.3, -0.25) is 0 Å². The van der Waals surface area contributed by atoms with Crippen LogP contribution in [0.4, 0.5) is 15.8 Å². The molecule has 1 unspecified atom stereocenters. The molecule has 1 aromatic carbocycles. The molecule has 0 bridgehead atoms. The van der Waals surface area contributed by atoms with E-state index < -0.39 is 5.82 Å². The molecule has 5 heteroatoms. The van der Waals surface area contributed by atoms with E-state index in [9.17, 15) is 4.39 Å². The minimum absolute atomic E-state index is 0.0527. The number of nitrogens with one attached hydrogen (secondary N) is 1. The van der Waals surface area contributed by atoms with Crippen LogP contribution in [-0.4, -0.2) is 18.3 Å². The van der Waals surface area contributed by atoms with Crippen LogP contribution in [-0.2, 0) is 0 Å². The third-order valence-electron chi connectivity index (χ3n) is 2.79. The van der Waals surface area contributed by atoms with Crippen LogP contribution in [0.2, 0.25) is 5.02 Å². The van der Waals surface area contributed by atoms with E-state index in [0.29, 0.717) is 23.8 Å². The van der Waals surface area contributed by atoms with Crippen LogP contribution < -0.4 is 11.1 Å². The maximum atomic E-state index is 13.1. The predicted molar refractivity (Wildman–Crippen MR) is 69.8 cm³/mol. The molecule has 1 atom stereocenters. The van der Waals surface area contributed by atoms with E-state index in [4.69, 9.17) is 22.4 Å². The van der Waals surface area contributed by atoms with Gasteiger partial charge >= 0.3 is 0 Å². The lowest BCUT2D eigenvalue weighted by Gasteiger charge is -2.16. The third-order valence-corrected chi connectivity index (χ3v) is 3.08. The quantitative estimate of drug-likeness (QED) is 0.690. The summed E-state index contributed by atoms with van der Waals surface area (Å²) >= 11 is 5.69. The lowest BCUT2D eigenvalue weighted by atomic mass is 10.0. The molecule has 0 radical (unpaired) electrons. The topological polar surface area (TPSA) is 58.3 Å². The van der Waals surface area contributed by atoms with Crippen LogP contribution in [0, 0.1) is 11.7 Å². The van der Waals surface area contributed by atoms with Crippen molar-refractivity contribution in [1.82, 2.24) is 0 Å². The molecule has 0 spiro atoms. The summed E-state index contributed by atoms with van der Waals surface area (Å²) in [6.07, 6.45) is 1.70. The van der Waals surface area contributed by atoms with Crippen molar-refractivity contribution >= 4 is 23.0 Å². The molecule has 0 fully saturated rings. The smallest absolute Gasteiger partial charge is 0.143 e. The first-order valence-corrected chi connectivity index (χ1v) is 6.05. The average Bonchev–Trinajstić information content (AvgIpc) is 2.30. The van der Waals surface area contributed by atoms with Crippen molar-refractivity contribution in [2.75, 3.05) is 24.2 Å². The summed E-state index contributed by atoms with van der Waals surface area (Å²) in [7, 11) is 0. The van der Waals surface area contributed by atoms with E-state index in [1.165, 1.54) is 12.1 Å². The zero-order valence-corrected chi connectivity index (χ0v) is 10.6. The van der Waals surface area contributed by atoms with Gasteiger partial charge in [0.05, 0.1) is 16.4 Å². The van der Waals surface area contributed by atoms with E-state index >= 15 is 0 Å². The number of halogens is 2. The molecule has 3 nitrogen and oxygen atoms in total. The van der Waals surface area contributed by atoms with E-state index in [0.717, 1.165) is 12.8 Å². The standard InChI is InChI=1S/C12H18ClFN2O/c1-2-8(3-4-17)7-16-12-5-9(13)10(14)6-11(12)15/h5-6,8,16-17H,2-4,7,15H2,1H3.